The Bertz CT molecular complexity index is 805. The van der Waals surface area contributed by atoms with Crippen molar-refractivity contribution in [2.75, 3.05) is 21.3 Å². The van der Waals surface area contributed by atoms with Crippen LogP contribution >= 0.6 is 0 Å². The highest BCUT2D eigenvalue weighted by Crippen LogP contribution is 2.36. The Balaban J connectivity index is 1.98. The standard InChI is InChI=1S/C20H20O4/c1-22-16-6-4-5-13(10-16)9-15-8-7-14-11-18(23-2)19(24-3)12-17(14)20(15)21/h4-6,9-12H,7-8H2,1-3H3. The Kier molecular flexibility index (Phi) is 4.56. The van der Waals surface area contributed by atoms with E-state index in [1.165, 1.54) is 0 Å². The van der Waals surface area contributed by atoms with Crippen molar-refractivity contribution in [2.24, 2.45) is 0 Å². The zero-order valence-corrected chi connectivity index (χ0v) is 14.1. The third-order valence-electron chi connectivity index (χ3n) is 4.24. The number of aryl methyl sites for hydroxylation is 1. The zero-order valence-electron chi connectivity index (χ0n) is 14.1. The van der Waals surface area contributed by atoms with E-state index in [1.54, 1.807) is 27.4 Å². The highest BCUT2D eigenvalue weighted by atomic mass is 16.5. The van der Waals surface area contributed by atoms with Crippen molar-refractivity contribution in [2.45, 2.75) is 12.8 Å². The van der Waals surface area contributed by atoms with Crippen LogP contribution in [0.1, 0.15) is 27.9 Å². The summed E-state index contributed by atoms with van der Waals surface area (Å²) >= 11 is 0. The van der Waals surface area contributed by atoms with Crippen molar-refractivity contribution in [1.82, 2.24) is 0 Å². The van der Waals surface area contributed by atoms with Crippen LogP contribution in [0.2, 0.25) is 0 Å². The maximum Gasteiger partial charge on any atom is 0.189 e. The lowest BCUT2D eigenvalue weighted by atomic mass is 9.85. The fourth-order valence-corrected chi connectivity index (χ4v) is 2.97. The van der Waals surface area contributed by atoms with Gasteiger partial charge in [-0.1, -0.05) is 12.1 Å². The summed E-state index contributed by atoms with van der Waals surface area (Å²) in [6.07, 6.45) is 3.44. The van der Waals surface area contributed by atoms with Gasteiger partial charge in [-0.05, 0) is 54.3 Å². The van der Waals surface area contributed by atoms with Gasteiger partial charge in [0.1, 0.15) is 5.75 Å². The van der Waals surface area contributed by atoms with Crippen LogP contribution in [0.15, 0.2) is 42.0 Å². The Labute approximate surface area is 141 Å². The average molecular weight is 324 g/mol. The van der Waals surface area contributed by atoms with Crippen molar-refractivity contribution in [3.63, 3.8) is 0 Å². The lowest BCUT2D eigenvalue weighted by Crippen LogP contribution is -2.14. The molecule has 4 heteroatoms. The summed E-state index contributed by atoms with van der Waals surface area (Å²) in [5, 5.41) is 0. The molecule has 0 unspecified atom stereocenters. The second-order valence-corrected chi connectivity index (χ2v) is 5.64. The molecular formula is C20H20O4. The molecule has 0 saturated carbocycles. The normalized spacial score (nSPS) is 15.1. The molecular weight excluding hydrogens is 304 g/mol. The van der Waals surface area contributed by atoms with Crippen molar-refractivity contribution >= 4 is 11.9 Å². The van der Waals surface area contributed by atoms with E-state index in [4.69, 9.17) is 14.2 Å². The number of ether oxygens (including phenoxy) is 3. The van der Waals surface area contributed by atoms with Crippen LogP contribution in [0, 0.1) is 0 Å². The number of fused-ring (bicyclic) bond motifs is 1. The van der Waals surface area contributed by atoms with Gasteiger partial charge in [0.25, 0.3) is 0 Å². The van der Waals surface area contributed by atoms with E-state index in [0.717, 1.165) is 28.9 Å². The number of allylic oxidation sites excluding steroid dienone is 1. The molecule has 3 rings (SSSR count). The molecule has 0 saturated heterocycles. The summed E-state index contributed by atoms with van der Waals surface area (Å²) in [7, 11) is 4.81. The van der Waals surface area contributed by atoms with E-state index in [0.29, 0.717) is 23.5 Å². The minimum atomic E-state index is 0.0417. The Morgan fingerprint density at radius 1 is 0.917 bits per heavy atom. The molecule has 0 heterocycles. The molecule has 0 atom stereocenters. The van der Waals surface area contributed by atoms with Gasteiger partial charge in [-0.15, -0.1) is 0 Å². The number of carbonyl (C=O) groups is 1. The van der Waals surface area contributed by atoms with Crippen LogP contribution in [-0.4, -0.2) is 27.1 Å². The molecule has 0 amide bonds. The Hall–Kier alpha value is -2.75. The number of hydrogen-bond acceptors (Lipinski definition) is 4. The quantitative estimate of drug-likeness (QED) is 0.800. The van der Waals surface area contributed by atoms with Gasteiger partial charge >= 0.3 is 0 Å². The van der Waals surface area contributed by atoms with Gasteiger partial charge in [0.05, 0.1) is 21.3 Å². The highest BCUT2D eigenvalue weighted by molar-refractivity contribution is 6.13. The van der Waals surface area contributed by atoms with Gasteiger partial charge in [0.15, 0.2) is 17.3 Å². The first-order valence-corrected chi connectivity index (χ1v) is 7.80. The van der Waals surface area contributed by atoms with Crippen LogP contribution in [-0.2, 0) is 6.42 Å². The molecule has 0 radical (unpaired) electrons. The van der Waals surface area contributed by atoms with E-state index in [9.17, 15) is 4.79 Å². The number of carbonyl (C=O) groups excluding carboxylic acids is 1. The third-order valence-corrected chi connectivity index (χ3v) is 4.24. The summed E-state index contributed by atoms with van der Waals surface area (Å²) in [4.78, 5) is 12.8. The fourth-order valence-electron chi connectivity index (χ4n) is 2.97. The van der Waals surface area contributed by atoms with E-state index >= 15 is 0 Å². The number of Topliss-reactive ketones (excluding diaryl/α,β-unsaturated/α-hetero) is 1. The highest BCUT2D eigenvalue weighted by Gasteiger charge is 2.24. The molecule has 0 spiro atoms. The van der Waals surface area contributed by atoms with E-state index in [2.05, 4.69) is 0 Å². The van der Waals surface area contributed by atoms with Gasteiger partial charge in [0, 0.05) is 11.1 Å². The lowest BCUT2D eigenvalue weighted by Gasteiger charge is -2.20. The monoisotopic (exact) mass is 324 g/mol. The van der Waals surface area contributed by atoms with Crippen molar-refractivity contribution < 1.29 is 19.0 Å². The predicted molar refractivity (Wildman–Crippen MR) is 93.2 cm³/mol. The summed E-state index contributed by atoms with van der Waals surface area (Å²) in [5.74, 6) is 2.05. The average Bonchev–Trinajstić information content (AvgIpc) is 2.63. The van der Waals surface area contributed by atoms with Crippen LogP contribution in [0.4, 0.5) is 0 Å². The van der Waals surface area contributed by atoms with Gasteiger partial charge in [0.2, 0.25) is 0 Å². The molecule has 24 heavy (non-hydrogen) atoms. The molecule has 2 aromatic carbocycles. The van der Waals surface area contributed by atoms with Crippen LogP contribution in [0.25, 0.3) is 6.08 Å². The van der Waals surface area contributed by atoms with Crippen LogP contribution in [0.3, 0.4) is 0 Å². The summed E-state index contributed by atoms with van der Waals surface area (Å²) in [6, 6.07) is 11.4. The predicted octanol–water partition coefficient (Wildman–Crippen LogP) is 3.92. The Morgan fingerprint density at radius 2 is 1.67 bits per heavy atom. The molecule has 1 aliphatic rings. The SMILES string of the molecule is COc1cccc(C=C2CCc3cc(OC)c(OC)cc3C2=O)c1. The van der Waals surface area contributed by atoms with Crippen LogP contribution in [0.5, 0.6) is 17.2 Å². The molecule has 0 fully saturated rings. The summed E-state index contributed by atoms with van der Waals surface area (Å²) in [6.45, 7) is 0. The van der Waals surface area contributed by atoms with Crippen molar-refractivity contribution in [3.05, 3.63) is 58.7 Å². The molecule has 1 aliphatic carbocycles. The minimum absolute atomic E-state index is 0.0417. The minimum Gasteiger partial charge on any atom is -0.497 e. The van der Waals surface area contributed by atoms with E-state index in [1.807, 2.05) is 36.4 Å². The topological polar surface area (TPSA) is 44.8 Å². The molecule has 0 aliphatic heterocycles. The largest absolute Gasteiger partial charge is 0.497 e. The summed E-state index contributed by atoms with van der Waals surface area (Å²) < 4.78 is 15.9. The smallest absolute Gasteiger partial charge is 0.189 e. The maximum absolute atomic E-state index is 12.8. The second kappa shape index (κ2) is 6.79. The number of ketones is 1. The fraction of sp³-hybridized carbons (Fsp3) is 0.250. The van der Waals surface area contributed by atoms with E-state index in [-0.39, 0.29) is 5.78 Å². The van der Waals surface area contributed by atoms with Gasteiger partial charge in [-0.3, -0.25) is 4.79 Å². The van der Waals surface area contributed by atoms with Gasteiger partial charge in [-0.2, -0.15) is 0 Å². The van der Waals surface area contributed by atoms with Crippen LogP contribution < -0.4 is 14.2 Å². The third kappa shape index (κ3) is 3.00. The first-order chi connectivity index (χ1) is 11.7. The number of hydrogen-bond donors (Lipinski definition) is 0. The number of benzene rings is 2. The zero-order chi connectivity index (χ0) is 17.1. The molecule has 2 aromatic rings. The molecule has 0 aromatic heterocycles. The number of rotatable bonds is 4. The van der Waals surface area contributed by atoms with Crippen molar-refractivity contribution in [1.29, 1.82) is 0 Å². The van der Waals surface area contributed by atoms with Gasteiger partial charge in [-0.25, -0.2) is 0 Å². The molecule has 4 nitrogen and oxygen atoms in total. The molecule has 0 bridgehead atoms. The molecule has 0 N–H and O–H groups in total. The lowest BCUT2D eigenvalue weighted by molar-refractivity contribution is 0.102. The first-order valence-electron chi connectivity index (χ1n) is 7.80. The number of methoxy groups -OCH3 is 3. The first kappa shape index (κ1) is 16.1. The van der Waals surface area contributed by atoms with Gasteiger partial charge < -0.3 is 14.2 Å². The van der Waals surface area contributed by atoms with E-state index < -0.39 is 0 Å². The second-order valence-electron chi connectivity index (χ2n) is 5.64. The summed E-state index contributed by atoms with van der Waals surface area (Å²) in [5.41, 5.74) is 3.44. The van der Waals surface area contributed by atoms with Crippen molar-refractivity contribution in [3.8, 4) is 17.2 Å². The molecule has 124 valence electrons. The maximum atomic E-state index is 12.8. The Morgan fingerprint density at radius 3 is 2.38 bits per heavy atom.